The molecule has 0 aromatic rings. The van der Waals surface area contributed by atoms with Crippen molar-refractivity contribution >= 4 is 24.3 Å². The van der Waals surface area contributed by atoms with E-state index in [0.29, 0.717) is 52.4 Å². The van der Waals surface area contributed by atoms with Crippen molar-refractivity contribution in [3.8, 4) is 0 Å². The molecule has 7 nitrogen and oxygen atoms in total. The number of hydrogen-bond donors (Lipinski definition) is 2. The van der Waals surface area contributed by atoms with Gasteiger partial charge in [0.2, 0.25) is 5.91 Å². The molecule has 1 heterocycles. The Morgan fingerprint density at radius 1 is 1.15 bits per heavy atom. The van der Waals surface area contributed by atoms with E-state index in [1.54, 1.807) is 16.9 Å². The fourth-order valence-electron chi connectivity index (χ4n) is 1.90. The van der Waals surface area contributed by atoms with Crippen molar-refractivity contribution in [2.45, 2.75) is 6.92 Å². The number of amides is 3. The van der Waals surface area contributed by atoms with Gasteiger partial charge in [0.15, 0.2) is 0 Å². The van der Waals surface area contributed by atoms with Gasteiger partial charge in [-0.15, -0.1) is 12.4 Å². The summed E-state index contributed by atoms with van der Waals surface area (Å²) in [5, 5.41) is 5.79. The van der Waals surface area contributed by atoms with Gasteiger partial charge in [-0.2, -0.15) is 0 Å². The van der Waals surface area contributed by atoms with Gasteiger partial charge in [0.1, 0.15) is 0 Å². The van der Waals surface area contributed by atoms with Gasteiger partial charge in [0, 0.05) is 46.4 Å². The number of carbonyl (C=O) groups excluding carboxylic acids is 2. The summed E-state index contributed by atoms with van der Waals surface area (Å²) in [4.78, 5) is 27.0. The molecule has 20 heavy (non-hydrogen) atoms. The van der Waals surface area contributed by atoms with Crippen LogP contribution in [-0.4, -0.2) is 81.3 Å². The van der Waals surface area contributed by atoms with E-state index in [0.717, 1.165) is 0 Å². The predicted octanol–water partition coefficient (Wildman–Crippen LogP) is -0.482. The molecule has 1 aliphatic heterocycles. The van der Waals surface area contributed by atoms with E-state index in [9.17, 15) is 9.59 Å². The minimum atomic E-state index is -0.0483. The zero-order chi connectivity index (χ0) is 14.1. The lowest BCUT2D eigenvalue weighted by atomic mass is 10.3. The number of nitrogens with one attached hydrogen (secondary N) is 2. The molecule has 0 aliphatic carbocycles. The van der Waals surface area contributed by atoms with Crippen LogP contribution in [0.5, 0.6) is 0 Å². The first-order chi connectivity index (χ1) is 9.19. The second-order valence-corrected chi connectivity index (χ2v) is 4.37. The molecule has 0 spiro atoms. The minimum Gasteiger partial charge on any atom is -0.383 e. The van der Waals surface area contributed by atoms with Crippen LogP contribution in [0.1, 0.15) is 6.92 Å². The quantitative estimate of drug-likeness (QED) is 0.650. The van der Waals surface area contributed by atoms with E-state index in [2.05, 4.69) is 10.6 Å². The maximum absolute atomic E-state index is 11.9. The molecular formula is C12H25ClN4O3. The number of halogens is 1. The van der Waals surface area contributed by atoms with Crippen molar-refractivity contribution in [1.82, 2.24) is 20.4 Å². The van der Waals surface area contributed by atoms with Crippen LogP contribution in [0.4, 0.5) is 4.79 Å². The largest absolute Gasteiger partial charge is 0.383 e. The first kappa shape index (κ1) is 18.9. The predicted molar refractivity (Wildman–Crippen MR) is 79.2 cm³/mol. The van der Waals surface area contributed by atoms with Gasteiger partial charge in [-0.25, -0.2) is 4.79 Å². The molecule has 1 rings (SSSR count). The van der Waals surface area contributed by atoms with Crippen molar-refractivity contribution < 1.29 is 14.3 Å². The molecule has 0 atom stereocenters. The molecule has 8 heteroatoms. The Hall–Kier alpha value is -1.05. The molecule has 0 saturated carbocycles. The molecule has 1 saturated heterocycles. The molecule has 1 fully saturated rings. The van der Waals surface area contributed by atoms with E-state index in [4.69, 9.17) is 4.74 Å². The number of nitrogens with zero attached hydrogens (tertiary/aromatic N) is 2. The lowest BCUT2D eigenvalue weighted by molar-refractivity contribution is -0.131. The summed E-state index contributed by atoms with van der Waals surface area (Å²) in [5.74, 6) is 0.0756. The zero-order valence-electron chi connectivity index (χ0n) is 12.2. The Balaban J connectivity index is 0.00000361. The third-order valence-corrected chi connectivity index (χ3v) is 3.01. The summed E-state index contributed by atoms with van der Waals surface area (Å²) in [6.07, 6.45) is 0. The number of piperazine rings is 1. The molecule has 3 amide bonds. The smallest absolute Gasteiger partial charge is 0.317 e. The summed E-state index contributed by atoms with van der Waals surface area (Å²) in [6.45, 7) is 6.49. The molecule has 2 N–H and O–H groups in total. The number of hydrogen-bond acceptors (Lipinski definition) is 4. The summed E-state index contributed by atoms with van der Waals surface area (Å²) >= 11 is 0. The molecule has 0 aromatic heterocycles. The number of carbonyl (C=O) groups is 2. The van der Waals surface area contributed by atoms with Crippen LogP contribution < -0.4 is 10.6 Å². The van der Waals surface area contributed by atoms with E-state index >= 15 is 0 Å². The highest BCUT2D eigenvalue weighted by Gasteiger charge is 2.23. The fraction of sp³-hybridized carbons (Fsp3) is 0.833. The topological polar surface area (TPSA) is 73.9 Å². The molecule has 0 radical (unpaired) electrons. The number of rotatable bonds is 6. The van der Waals surface area contributed by atoms with Crippen LogP contribution in [0.15, 0.2) is 0 Å². The number of ether oxygens (including phenoxy) is 1. The highest BCUT2D eigenvalue weighted by atomic mass is 35.5. The van der Waals surface area contributed by atoms with Crippen LogP contribution in [0.3, 0.4) is 0 Å². The summed E-state index contributed by atoms with van der Waals surface area (Å²) in [5.41, 5.74) is 0. The standard InChI is InChI=1S/C12H24N4O3.ClH/c1-3-14-12(18)16-7-5-15(6-8-16)11(17)10-13-4-9-19-2;/h13H,3-10H2,1-2H3,(H,14,18);1H. The molecular weight excluding hydrogens is 284 g/mol. The van der Waals surface area contributed by atoms with Crippen molar-refractivity contribution in [2.75, 3.05) is 59.5 Å². The van der Waals surface area contributed by atoms with Crippen LogP contribution in [-0.2, 0) is 9.53 Å². The maximum Gasteiger partial charge on any atom is 0.317 e. The van der Waals surface area contributed by atoms with Crippen LogP contribution >= 0.6 is 12.4 Å². The Morgan fingerprint density at radius 2 is 1.75 bits per heavy atom. The lowest BCUT2D eigenvalue weighted by Gasteiger charge is -2.34. The maximum atomic E-state index is 11.9. The molecule has 118 valence electrons. The van der Waals surface area contributed by atoms with Gasteiger partial charge >= 0.3 is 6.03 Å². The number of methoxy groups -OCH3 is 1. The summed E-state index contributed by atoms with van der Waals surface area (Å²) in [6, 6.07) is -0.0483. The van der Waals surface area contributed by atoms with Gasteiger partial charge in [-0.3, -0.25) is 4.79 Å². The van der Waals surface area contributed by atoms with Gasteiger partial charge in [0.25, 0.3) is 0 Å². The van der Waals surface area contributed by atoms with Gasteiger partial charge in [-0.1, -0.05) is 0 Å². The highest BCUT2D eigenvalue weighted by molar-refractivity contribution is 5.85. The van der Waals surface area contributed by atoms with E-state index in [1.165, 1.54) is 0 Å². The van der Waals surface area contributed by atoms with Crippen molar-refractivity contribution in [3.05, 3.63) is 0 Å². The van der Waals surface area contributed by atoms with Crippen LogP contribution in [0.25, 0.3) is 0 Å². The van der Waals surface area contributed by atoms with Gasteiger partial charge in [-0.05, 0) is 6.92 Å². The van der Waals surface area contributed by atoms with Gasteiger partial charge < -0.3 is 25.2 Å². The SMILES string of the molecule is CCNC(=O)N1CCN(C(=O)CNCCOC)CC1.Cl. The lowest BCUT2D eigenvalue weighted by Crippen LogP contribution is -2.54. The van der Waals surface area contributed by atoms with Crippen LogP contribution in [0.2, 0.25) is 0 Å². The Kier molecular flexibility index (Phi) is 10.1. The third-order valence-electron chi connectivity index (χ3n) is 3.01. The molecule has 1 aliphatic rings. The van der Waals surface area contributed by atoms with Crippen molar-refractivity contribution in [2.24, 2.45) is 0 Å². The Labute approximate surface area is 126 Å². The average molecular weight is 309 g/mol. The van der Waals surface area contributed by atoms with E-state index < -0.39 is 0 Å². The molecule has 0 bridgehead atoms. The average Bonchev–Trinajstić information content (AvgIpc) is 2.44. The first-order valence-corrected chi connectivity index (χ1v) is 6.69. The zero-order valence-corrected chi connectivity index (χ0v) is 13.0. The normalized spacial score (nSPS) is 14.7. The summed E-state index contributed by atoms with van der Waals surface area (Å²) < 4.78 is 4.89. The van der Waals surface area contributed by atoms with E-state index in [-0.39, 0.29) is 24.3 Å². The van der Waals surface area contributed by atoms with Crippen molar-refractivity contribution in [1.29, 1.82) is 0 Å². The highest BCUT2D eigenvalue weighted by Crippen LogP contribution is 2.02. The number of urea groups is 1. The third kappa shape index (κ3) is 6.40. The minimum absolute atomic E-state index is 0. The second-order valence-electron chi connectivity index (χ2n) is 4.37. The van der Waals surface area contributed by atoms with E-state index in [1.807, 2.05) is 6.92 Å². The van der Waals surface area contributed by atoms with Gasteiger partial charge in [0.05, 0.1) is 13.2 Å². The first-order valence-electron chi connectivity index (χ1n) is 6.69. The Morgan fingerprint density at radius 3 is 2.30 bits per heavy atom. The fourth-order valence-corrected chi connectivity index (χ4v) is 1.90. The molecule has 0 unspecified atom stereocenters. The summed E-state index contributed by atoms with van der Waals surface area (Å²) in [7, 11) is 1.63. The van der Waals surface area contributed by atoms with Crippen molar-refractivity contribution in [3.63, 3.8) is 0 Å². The van der Waals surface area contributed by atoms with Crippen LogP contribution in [0, 0.1) is 0 Å². The monoisotopic (exact) mass is 308 g/mol. The molecule has 0 aromatic carbocycles. The second kappa shape index (κ2) is 10.7. The Bertz CT molecular complexity index is 296.